The van der Waals surface area contributed by atoms with Crippen LogP contribution in [0.25, 0.3) is 11.5 Å². The summed E-state index contributed by atoms with van der Waals surface area (Å²) < 4.78 is 15.7. The van der Waals surface area contributed by atoms with Crippen LogP contribution in [-0.4, -0.2) is 22.7 Å². The first-order chi connectivity index (χ1) is 14.6. The van der Waals surface area contributed by atoms with E-state index >= 15 is 0 Å². The minimum Gasteiger partial charge on any atom is -0.461 e. The van der Waals surface area contributed by atoms with Crippen LogP contribution in [0.4, 0.5) is 0 Å². The molecule has 0 radical (unpaired) electrons. The Morgan fingerprint density at radius 1 is 0.867 bits per heavy atom. The number of furan rings is 1. The molecule has 0 spiro atoms. The molecule has 0 amide bonds. The molecule has 0 fully saturated rings. The number of fused-ring (bicyclic) bond motifs is 2. The van der Waals surface area contributed by atoms with Gasteiger partial charge in [-0.05, 0) is 18.2 Å². The zero-order valence-electron chi connectivity index (χ0n) is 15.5. The van der Waals surface area contributed by atoms with E-state index in [0.29, 0.717) is 22.8 Å². The predicted molar refractivity (Wildman–Crippen MR) is 103 cm³/mol. The number of ketones is 2. The predicted octanol–water partition coefficient (Wildman–Crippen LogP) is 4.07. The van der Waals surface area contributed by atoms with Gasteiger partial charge in [0.15, 0.2) is 17.3 Å². The lowest BCUT2D eigenvalue weighted by Crippen LogP contribution is -2.24. The Hall–Kier alpha value is -4.26. The Morgan fingerprint density at radius 2 is 1.63 bits per heavy atom. The van der Waals surface area contributed by atoms with Crippen LogP contribution in [0.1, 0.15) is 47.9 Å². The van der Waals surface area contributed by atoms with E-state index in [2.05, 4.69) is 5.16 Å². The van der Waals surface area contributed by atoms with Gasteiger partial charge in [0.2, 0.25) is 5.76 Å². The highest BCUT2D eigenvalue weighted by Crippen LogP contribution is 2.30. The molecule has 1 aliphatic rings. The van der Waals surface area contributed by atoms with Gasteiger partial charge in [-0.1, -0.05) is 41.6 Å². The van der Waals surface area contributed by atoms with Crippen molar-refractivity contribution in [3.63, 3.8) is 0 Å². The summed E-state index contributed by atoms with van der Waals surface area (Å²) in [5.41, 5.74) is 1.27. The first kappa shape index (κ1) is 17.8. The van der Waals surface area contributed by atoms with E-state index in [1.165, 1.54) is 18.4 Å². The maximum Gasteiger partial charge on any atom is 0.339 e. The molecule has 0 bridgehead atoms. The van der Waals surface area contributed by atoms with Crippen molar-refractivity contribution in [2.75, 3.05) is 0 Å². The average molecular weight is 399 g/mol. The second-order valence-corrected chi connectivity index (χ2v) is 6.67. The van der Waals surface area contributed by atoms with Crippen LogP contribution in [0.15, 0.2) is 75.9 Å². The summed E-state index contributed by atoms with van der Waals surface area (Å²) in [7, 11) is 0. The largest absolute Gasteiger partial charge is 0.461 e. The SMILES string of the molecule is O=C(OCc1cc(-c2ccco2)on1)c1cccc2c1C(=O)c1ccccc1C2=O. The maximum absolute atomic E-state index is 13.0. The minimum absolute atomic E-state index is 0.0371. The number of carbonyl (C=O) groups is 3. The smallest absolute Gasteiger partial charge is 0.339 e. The van der Waals surface area contributed by atoms with Crippen molar-refractivity contribution >= 4 is 17.5 Å². The van der Waals surface area contributed by atoms with Crippen molar-refractivity contribution in [1.29, 1.82) is 0 Å². The zero-order valence-corrected chi connectivity index (χ0v) is 15.5. The van der Waals surface area contributed by atoms with E-state index in [-0.39, 0.29) is 40.4 Å². The monoisotopic (exact) mass is 399 g/mol. The molecule has 0 aliphatic heterocycles. The van der Waals surface area contributed by atoms with Crippen LogP contribution in [0.5, 0.6) is 0 Å². The molecule has 5 rings (SSSR count). The highest BCUT2D eigenvalue weighted by atomic mass is 16.5. The van der Waals surface area contributed by atoms with Crippen molar-refractivity contribution in [2.45, 2.75) is 6.61 Å². The lowest BCUT2D eigenvalue weighted by Gasteiger charge is -2.19. The van der Waals surface area contributed by atoms with Gasteiger partial charge in [0.05, 0.1) is 11.8 Å². The van der Waals surface area contributed by atoms with Crippen LogP contribution < -0.4 is 0 Å². The molecule has 2 aromatic heterocycles. The number of aromatic nitrogens is 1. The number of benzene rings is 2. The Kier molecular flexibility index (Phi) is 4.14. The number of esters is 1. The molecule has 30 heavy (non-hydrogen) atoms. The summed E-state index contributed by atoms with van der Waals surface area (Å²) in [6.45, 7) is -0.161. The molecule has 0 atom stereocenters. The fourth-order valence-electron chi connectivity index (χ4n) is 3.45. The minimum atomic E-state index is -0.727. The van der Waals surface area contributed by atoms with Gasteiger partial charge < -0.3 is 13.7 Å². The summed E-state index contributed by atoms with van der Waals surface area (Å²) in [5.74, 6) is -0.501. The third kappa shape index (κ3) is 2.84. The van der Waals surface area contributed by atoms with Gasteiger partial charge in [0.1, 0.15) is 12.3 Å². The molecule has 0 saturated heterocycles. The van der Waals surface area contributed by atoms with Crippen molar-refractivity contribution in [2.24, 2.45) is 0 Å². The van der Waals surface area contributed by atoms with E-state index in [1.54, 1.807) is 48.5 Å². The van der Waals surface area contributed by atoms with Crippen LogP contribution >= 0.6 is 0 Å². The molecular weight excluding hydrogens is 386 g/mol. The number of hydrogen-bond donors (Lipinski definition) is 0. The summed E-state index contributed by atoms with van der Waals surface area (Å²) >= 11 is 0. The quantitative estimate of drug-likeness (QED) is 0.420. The third-order valence-corrected chi connectivity index (χ3v) is 4.85. The van der Waals surface area contributed by atoms with Crippen molar-refractivity contribution < 1.29 is 28.1 Å². The Balaban J connectivity index is 1.41. The zero-order chi connectivity index (χ0) is 20.7. The van der Waals surface area contributed by atoms with Crippen molar-refractivity contribution in [1.82, 2.24) is 5.16 Å². The van der Waals surface area contributed by atoms with E-state index < -0.39 is 5.97 Å². The summed E-state index contributed by atoms with van der Waals surface area (Å²) in [6.07, 6.45) is 1.51. The van der Waals surface area contributed by atoms with Gasteiger partial charge in [-0.2, -0.15) is 0 Å². The highest BCUT2D eigenvalue weighted by Gasteiger charge is 2.33. The number of hydrogen-bond acceptors (Lipinski definition) is 7. The lowest BCUT2D eigenvalue weighted by molar-refractivity contribution is 0.0461. The summed E-state index contributed by atoms with van der Waals surface area (Å²) in [5, 5.41) is 3.85. The molecule has 7 heteroatoms. The molecular formula is C23H13NO6. The molecule has 0 saturated carbocycles. The molecule has 0 N–H and O–H groups in total. The molecule has 4 aromatic rings. The Labute approximate surface area is 169 Å². The van der Waals surface area contributed by atoms with E-state index in [0.717, 1.165) is 0 Å². The normalized spacial score (nSPS) is 12.4. The van der Waals surface area contributed by atoms with Crippen LogP contribution in [0.3, 0.4) is 0 Å². The van der Waals surface area contributed by atoms with Gasteiger partial charge >= 0.3 is 5.97 Å². The topological polar surface area (TPSA) is 99.6 Å². The molecule has 2 aromatic carbocycles. The Bertz CT molecular complexity index is 1300. The lowest BCUT2D eigenvalue weighted by atomic mass is 9.82. The number of carbonyl (C=O) groups excluding carboxylic acids is 3. The van der Waals surface area contributed by atoms with Crippen molar-refractivity contribution in [3.05, 3.63) is 100 Å². The first-order valence-electron chi connectivity index (χ1n) is 9.11. The number of nitrogens with zero attached hydrogens (tertiary/aromatic N) is 1. The van der Waals surface area contributed by atoms with Crippen LogP contribution in [0, 0.1) is 0 Å². The molecule has 2 heterocycles. The molecule has 146 valence electrons. The van der Waals surface area contributed by atoms with Gasteiger partial charge in [-0.15, -0.1) is 0 Å². The summed E-state index contributed by atoms with van der Waals surface area (Å²) in [4.78, 5) is 38.5. The van der Waals surface area contributed by atoms with E-state index in [4.69, 9.17) is 13.7 Å². The molecule has 0 unspecified atom stereocenters. The van der Waals surface area contributed by atoms with Gasteiger partial charge in [0.25, 0.3) is 0 Å². The molecule has 1 aliphatic carbocycles. The van der Waals surface area contributed by atoms with Gasteiger partial charge in [0, 0.05) is 28.3 Å². The third-order valence-electron chi connectivity index (χ3n) is 4.85. The first-order valence-corrected chi connectivity index (χ1v) is 9.11. The van der Waals surface area contributed by atoms with Gasteiger partial charge in [-0.3, -0.25) is 9.59 Å². The fourth-order valence-corrected chi connectivity index (χ4v) is 3.45. The van der Waals surface area contributed by atoms with Crippen LogP contribution in [-0.2, 0) is 11.3 Å². The number of ether oxygens (including phenoxy) is 1. The van der Waals surface area contributed by atoms with Gasteiger partial charge in [-0.25, -0.2) is 4.79 Å². The second-order valence-electron chi connectivity index (χ2n) is 6.67. The fraction of sp³-hybridized carbons (Fsp3) is 0.0435. The standard InChI is InChI=1S/C23H13NO6/c25-21-14-5-1-2-6-15(14)22(26)20-16(21)7-3-8-17(20)23(27)29-12-13-11-19(30-24-13)18-9-4-10-28-18/h1-11H,12H2. The van der Waals surface area contributed by atoms with E-state index in [1.807, 2.05) is 0 Å². The van der Waals surface area contributed by atoms with Crippen LogP contribution in [0.2, 0.25) is 0 Å². The maximum atomic E-state index is 13.0. The van der Waals surface area contributed by atoms with E-state index in [9.17, 15) is 14.4 Å². The summed E-state index contributed by atoms with van der Waals surface area (Å²) in [6, 6.07) is 16.1. The number of rotatable bonds is 4. The van der Waals surface area contributed by atoms with Crippen molar-refractivity contribution in [3.8, 4) is 11.5 Å². The average Bonchev–Trinajstić information content (AvgIpc) is 3.47. The molecule has 7 nitrogen and oxygen atoms in total. The highest BCUT2D eigenvalue weighted by molar-refractivity contribution is 6.30. The second kappa shape index (κ2) is 6.97. The Morgan fingerprint density at radius 3 is 2.40 bits per heavy atom.